The molecule has 0 saturated carbocycles. The molecule has 1 aliphatic heterocycles. The van der Waals surface area contributed by atoms with Gasteiger partial charge in [0, 0.05) is 45.7 Å². The molecular weight excluding hydrogens is 370 g/mol. The van der Waals surface area contributed by atoms with Crippen LogP contribution in [0.1, 0.15) is 45.6 Å². The van der Waals surface area contributed by atoms with Gasteiger partial charge in [0.25, 0.3) is 0 Å². The van der Waals surface area contributed by atoms with E-state index in [1.807, 2.05) is 32.9 Å². The van der Waals surface area contributed by atoms with Crippen molar-refractivity contribution in [1.82, 2.24) is 20.5 Å². The third kappa shape index (κ3) is 9.13. The molecule has 1 atom stereocenters. The molecule has 1 unspecified atom stereocenters. The van der Waals surface area contributed by atoms with E-state index in [-0.39, 0.29) is 12.2 Å². The summed E-state index contributed by atoms with van der Waals surface area (Å²) >= 11 is 0. The van der Waals surface area contributed by atoms with Gasteiger partial charge in [-0.2, -0.15) is 0 Å². The highest BCUT2D eigenvalue weighted by Gasteiger charge is 2.22. The SMILES string of the molecule is CN=C(NCCCN(Cc1cccnc1)C(=O)OC(C)(C)C)NCC1CCCO1. The van der Waals surface area contributed by atoms with Crippen LogP contribution in [0.4, 0.5) is 4.79 Å². The molecule has 1 saturated heterocycles. The van der Waals surface area contributed by atoms with Gasteiger partial charge in [0.1, 0.15) is 5.60 Å². The van der Waals surface area contributed by atoms with Crippen molar-refractivity contribution in [3.05, 3.63) is 30.1 Å². The Morgan fingerprint density at radius 1 is 1.41 bits per heavy atom. The van der Waals surface area contributed by atoms with Gasteiger partial charge in [-0.25, -0.2) is 4.79 Å². The predicted molar refractivity (Wildman–Crippen MR) is 114 cm³/mol. The summed E-state index contributed by atoms with van der Waals surface area (Å²) in [6.07, 6.45) is 6.41. The van der Waals surface area contributed by atoms with Crippen molar-refractivity contribution in [3.8, 4) is 0 Å². The minimum atomic E-state index is -0.531. The van der Waals surface area contributed by atoms with Crippen LogP contribution in [-0.4, -0.2) is 66.9 Å². The van der Waals surface area contributed by atoms with Gasteiger partial charge < -0.3 is 25.0 Å². The Morgan fingerprint density at radius 3 is 2.86 bits per heavy atom. The van der Waals surface area contributed by atoms with Gasteiger partial charge in [0.2, 0.25) is 0 Å². The summed E-state index contributed by atoms with van der Waals surface area (Å²) in [6.45, 7) is 8.95. The first kappa shape index (κ1) is 22.9. The third-order valence-corrected chi connectivity index (χ3v) is 4.39. The van der Waals surface area contributed by atoms with Crippen molar-refractivity contribution in [2.75, 3.05) is 33.3 Å². The highest BCUT2D eigenvalue weighted by atomic mass is 16.6. The van der Waals surface area contributed by atoms with Gasteiger partial charge in [0.05, 0.1) is 12.6 Å². The number of aromatic nitrogens is 1. The predicted octanol–water partition coefficient (Wildman–Crippen LogP) is 2.55. The minimum Gasteiger partial charge on any atom is -0.444 e. The monoisotopic (exact) mass is 405 g/mol. The molecule has 1 aromatic heterocycles. The van der Waals surface area contributed by atoms with Crippen LogP contribution in [0.2, 0.25) is 0 Å². The molecule has 162 valence electrons. The minimum absolute atomic E-state index is 0.260. The number of ether oxygens (including phenoxy) is 2. The molecule has 0 aromatic carbocycles. The first-order valence-electron chi connectivity index (χ1n) is 10.3. The van der Waals surface area contributed by atoms with E-state index in [9.17, 15) is 4.79 Å². The number of guanidine groups is 1. The van der Waals surface area contributed by atoms with Crippen molar-refractivity contribution in [2.24, 2.45) is 4.99 Å². The summed E-state index contributed by atoms with van der Waals surface area (Å²) < 4.78 is 11.2. The van der Waals surface area contributed by atoms with Crippen molar-refractivity contribution < 1.29 is 14.3 Å². The number of rotatable bonds is 8. The molecule has 0 radical (unpaired) electrons. The number of aliphatic imine (C=N–C) groups is 1. The molecule has 2 heterocycles. The van der Waals surface area contributed by atoms with Crippen LogP contribution in [0.15, 0.2) is 29.5 Å². The number of hydrogen-bond donors (Lipinski definition) is 2. The maximum atomic E-state index is 12.6. The Morgan fingerprint density at radius 2 is 2.24 bits per heavy atom. The smallest absolute Gasteiger partial charge is 0.410 e. The Balaban J connectivity index is 1.80. The molecule has 2 N–H and O–H groups in total. The zero-order chi connectivity index (χ0) is 21.1. The van der Waals surface area contributed by atoms with Gasteiger partial charge in [-0.05, 0) is 51.7 Å². The Hall–Kier alpha value is -2.35. The average Bonchev–Trinajstić information content (AvgIpc) is 3.19. The van der Waals surface area contributed by atoms with Crippen LogP contribution >= 0.6 is 0 Å². The van der Waals surface area contributed by atoms with E-state index in [1.165, 1.54) is 0 Å². The van der Waals surface area contributed by atoms with Crippen molar-refractivity contribution >= 4 is 12.1 Å². The number of nitrogens with one attached hydrogen (secondary N) is 2. The molecule has 8 nitrogen and oxygen atoms in total. The fourth-order valence-corrected chi connectivity index (χ4v) is 2.99. The number of hydrogen-bond acceptors (Lipinski definition) is 5. The molecule has 0 aliphatic carbocycles. The number of nitrogens with zero attached hydrogens (tertiary/aromatic N) is 3. The van der Waals surface area contributed by atoms with Gasteiger partial charge in [0.15, 0.2) is 5.96 Å². The molecule has 1 aromatic rings. The lowest BCUT2D eigenvalue weighted by Gasteiger charge is -2.27. The molecule has 1 aliphatic rings. The highest BCUT2D eigenvalue weighted by molar-refractivity contribution is 5.79. The summed E-state index contributed by atoms with van der Waals surface area (Å²) in [5.41, 5.74) is 0.442. The van der Waals surface area contributed by atoms with Crippen LogP contribution < -0.4 is 10.6 Å². The second-order valence-corrected chi connectivity index (χ2v) is 8.13. The first-order valence-corrected chi connectivity index (χ1v) is 10.3. The molecular formula is C21H35N5O3. The van der Waals surface area contributed by atoms with Crippen LogP contribution in [-0.2, 0) is 16.0 Å². The quantitative estimate of drug-likeness (QED) is 0.393. The fraction of sp³-hybridized carbons (Fsp3) is 0.667. The standard InChI is InChI=1S/C21H35N5O3/c1-21(2,3)29-20(27)26(16-17-8-5-10-23-14-17)12-7-11-24-19(22-4)25-15-18-9-6-13-28-18/h5,8,10,14,18H,6-7,9,11-13,15-16H2,1-4H3,(H2,22,24,25). The van der Waals surface area contributed by atoms with Crippen LogP contribution in [0.25, 0.3) is 0 Å². The Bertz CT molecular complexity index is 639. The normalized spacial score (nSPS) is 17.1. The van der Waals surface area contributed by atoms with E-state index < -0.39 is 5.60 Å². The van der Waals surface area contributed by atoms with Crippen molar-refractivity contribution in [1.29, 1.82) is 0 Å². The number of amides is 1. The van der Waals surface area contributed by atoms with Gasteiger partial charge in [-0.15, -0.1) is 0 Å². The zero-order valence-corrected chi connectivity index (χ0v) is 18.1. The van der Waals surface area contributed by atoms with Gasteiger partial charge >= 0.3 is 6.09 Å². The molecule has 2 rings (SSSR count). The van der Waals surface area contributed by atoms with Crippen LogP contribution in [0.5, 0.6) is 0 Å². The van der Waals surface area contributed by atoms with Crippen molar-refractivity contribution in [3.63, 3.8) is 0 Å². The van der Waals surface area contributed by atoms with Gasteiger partial charge in [-0.1, -0.05) is 6.07 Å². The molecule has 0 spiro atoms. The maximum Gasteiger partial charge on any atom is 0.410 e. The Kier molecular flexibility index (Phi) is 9.18. The summed E-state index contributed by atoms with van der Waals surface area (Å²) in [6, 6.07) is 3.83. The third-order valence-electron chi connectivity index (χ3n) is 4.39. The topological polar surface area (TPSA) is 88.1 Å². The zero-order valence-electron chi connectivity index (χ0n) is 18.1. The van der Waals surface area contributed by atoms with E-state index in [2.05, 4.69) is 20.6 Å². The molecule has 1 amide bonds. The second-order valence-electron chi connectivity index (χ2n) is 8.13. The summed E-state index contributed by atoms with van der Waals surface area (Å²) in [4.78, 5) is 22.7. The van der Waals surface area contributed by atoms with Gasteiger partial charge in [-0.3, -0.25) is 9.98 Å². The van der Waals surface area contributed by atoms with E-state index in [0.717, 1.165) is 43.9 Å². The molecule has 8 heteroatoms. The lowest BCUT2D eigenvalue weighted by atomic mass is 10.2. The number of carbonyl (C=O) groups excluding carboxylic acids is 1. The molecule has 29 heavy (non-hydrogen) atoms. The van der Waals surface area contributed by atoms with E-state index in [1.54, 1.807) is 24.3 Å². The van der Waals surface area contributed by atoms with Crippen LogP contribution in [0, 0.1) is 0 Å². The van der Waals surface area contributed by atoms with E-state index >= 15 is 0 Å². The molecule has 0 bridgehead atoms. The summed E-state index contributed by atoms with van der Waals surface area (Å²) in [5.74, 6) is 0.747. The largest absolute Gasteiger partial charge is 0.444 e. The second kappa shape index (κ2) is 11.6. The summed E-state index contributed by atoms with van der Waals surface area (Å²) in [5, 5.41) is 6.59. The number of carbonyl (C=O) groups is 1. The average molecular weight is 406 g/mol. The Labute approximate surface area is 174 Å². The molecule has 1 fully saturated rings. The van der Waals surface area contributed by atoms with Crippen molar-refractivity contribution in [2.45, 2.75) is 58.3 Å². The number of pyridine rings is 1. The van der Waals surface area contributed by atoms with E-state index in [0.29, 0.717) is 19.6 Å². The lowest BCUT2D eigenvalue weighted by molar-refractivity contribution is 0.0232. The van der Waals surface area contributed by atoms with E-state index in [4.69, 9.17) is 9.47 Å². The maximum absolute atomic E-state index is 12.6. The van der Waals surface area contributed by atoms with Crippen LogP contribution in [0.3, 0.4) is 0 Å². The fourth-order valence-electron chi connectivity index (χ4n) is 2.99. The first-order chi connectivity index (χ1) is 13.9. The highest BCUT2D eigenvalue weighted by Crippen LogP contribution is 2.13. The lowest BCUT2D eigenvalue weighted by Crippen LogP contribution is -2.42. The summed E-state index contributed by atoms with van der Waals surface area (Å²) in [7, 11) is 1.75.